The highest BCUT2D eigenvalue weighted by Crippen LogP contribution is 2.39. The third-order valence-electron chi connectivity index (χ3n) is 3.43. The average molecular weight is 378 g/mol. The van der Waals surface area contributed by atoms with Gasteiger partial charge in [0.15, 0.2) is 9.84 Å². The van der Waals surface area contributed by atoms with E-state index in [9.17, 15) is 16.8 Å². The second-order valence-electron chi connectivity index (χ2n) is 4.95. The predicted molar refractivity (Wildman–Crippen MR) is 87.1 cm³/mol. The Hall–Kier alpha value is -1.09. The third-order valence-corrected chi connectivity index (χ3v) is 8.19. The Morgan fingerprint density at radius 2 is 1.95 bits per heavy atom. The lowest BCUT2D eigenvalue weighted by Gasteiger charge is -2.19. The van der Waals surface area contributed by atoms with Crippen LogP contribution in [0.25, 0.3) is 0 Å². The van der Waals surface area contributed by atoms with Gasteiger partial charge >= 0.3 is 0 Å². The summed E-state index contributed by atoms with van der Waals surface area (Å²) in [5.41, 5.74) is 1.36. The molecule has 0 saturated carbocycles. The summed E-state index contributed by atoms with van der Waals surface area (Å²) < 4.78 is 49.8. The van der Waals surface area contributed by atoms with Gasteiger partial charge in [0.05, 0.1) is 15.6 Å². The van der Waals surface area contributed by atoms with E-state index in [1.165, 1.54) is 15.8 Å². The molecule has 22 heavy (non-hydrogen) atoms. The zero-order chi connectivity index (χ0) is 16.1. The first kappa shape index (κ1) is 15.8. The molecule has 1 aromatic carbocycles. The summed E-state index contributed by atoms with van der Waals surface area (Å²) in [7, 11) is -7.24. The topological polar surface area (TPSA) is 71.5 Å². The number of halogens is 1. The smallest absolute Gasteiger partial charge is 0.264 e. The third kappa shape index (κ3) is 2.54. The number of fused-ring (bicyclic) bond motifs is 1. The van der Waals surface area contributed by atoms with Crippen molar-refractivity contribution in [1.29, 1.82) is 0 Å². The molecule has 0 bridgehead atoms. The number of anilines is 1. The summed E-state index contributed by atoms with van der Waals surface area (Å²) in [5.74, 6) is 0. The Bertz CT molecular complexity index is 947. The van der Waals surface area contributed by atoms with Crippen LogP contribution in [-0.2, 0) is 26.3 Å². The molecule has 2 aromatic rings. The molecule has 1 aliphatic rings. The van der Waals surface area contributed by atoms with Crippen LogP contribution in [0.5, 0.6) is 0 Å². The van der Waals surface area contributed by atoms with Gasteiger partial charge in [-0.3, -0.25) is 4.31 Å². The van der Waals surface area contributed by atoms with Gasteiger partial charge in [-0.05, 0) is 24.1 Å². The summed E-state index contributed by atoms with van der Waals surface area (Å²) in [6.07, 6.45) is 1.63. The van der Waals surface area contributed by atoms with Crippen molar-refractivity contribution >= 4 is 48.5 Å². The fourth-order valence-corrected chi connectivity index (χ4v) is 6.70. The number of benzene rings is 1. The van der Waals surface area contributed by atoms with E-state index in [1.807, 2.05) is 6.07 Å². The van der Waals surface area contributed by atoms with E-state index in [4.69, 9.17) is 11.6 Å². The van der Waals surface area contributed by atoms with E-state index < -0.39 is 19.9 Å². The fraction of sp³-hybridized carbons (Fsp3) is 0.231. The highest BCUT2D eigenvalue weighted by Gasteiger charge is 2.34. The minimum Gasteiger partial charge on any atom is -0.264 e. The minimum atomic E-state index is -3.81. The molecule has 0 spiro atoms. The molecule has 9 heteroatoms. The van der Waals surface area contributed by atoms with Gasteiger partial charge in [-0.15, -0.1) is 11.3 Å². The van der Waals surface area contributed by atoms with Crippen LogP contribution in [0.2, 0.25) is 5.02 Å². The molecule has 2 heterocycles. The summed E-state index contributed by atoms with van der Waals surface area (Å²) >= 11 is 7.04. The maximum absolute atomic E-state index is 12.8. The van der Waals surface area contributed by atoms with Crippen LogP contribution in [0.1, 0.15) is 5.56 Å². The highest BCUT2D eigenvalue weighted by molar-refractivity contribution is 7.95. The zero-order valence-corrected chi connectivity index (χ0v) is 14.7. The first-order valence-electron chi connectivity index (χ1n) is 6.30. The van der Waals surface area contributed by atoms with Gasteiger partial charge in [0, 0.05) is 18.2 Å². The van der Waals surface area contributed by atoms with Crippen molar-refractivity contribution in [1.82, 2.24) is 0 Å². The highest BCUT2D eigenvalue weighted by atomic mass is 35.5. The molecule has 0 saturated heterocycles. The molecule has 0 unspecified atom stereocenters. The van der Waals surface area contributed by atoms with Crippen molar-refractivity contribution in [3.8, 4) is 0 Å². The first-order valence-corrected chi connectivity index (χ1v) is 10.9. The standard InChI is InChI=1S/C13H12ClNO4S3/c1-21(16,17)10-7-12(20-8-10)22(18,19)15-6-5-9-3-2-4-11(14)13(9)15/h2-4,7-8H,5-6H2,1H3. The number of hydrogen-bond donors (Lipinski definition) is 0. The van der Waals surface area contributed by atoms with Crippen LogP contribution in [0.4, 0.5) is 5.69 Å². The van der Waals surface area contributed by atoms with Crippen LogP contribution < -0.4 is 4.31 Å². The molecule has 3 rings (SSSR count). The van der Waals surface area contributed by atoms with Crippen molar-refractivity contribution in [2.24, 2.45) is 0 Å². The molecule has 1 aromatic heterocycles. The number of hydrogen-bond acceptors (Lipinski definition) is 5. The molecule has 118 valence electrons. The lowest BCUT2D eigenvalue weighted by molar-refractivity contribution is 0.594. The lowest BCUT2D eigenvalue weighted by atomic mass is 10.2. The minimum absolute atomic E-state index is 0.000643. The quantitative estimate of drug-likeness (QED) is 0.824. The van der Waals surface area contributed by atoms with Gasteiger partial charge < -0.3 is 0 Å². The number of thiophene rings is 1. The first-order chi connectivity index (χ1) is 10.2. The Labute approximate surface area is 138 Å². The second kappa shape index (κ2) is 5.23. The monoisotopic (exact) mass is 377 g/mol. The largest absolute Gasteiger partial charge is 0.273 e. The SMILES string of the molecule is CS(=O)(=O)c1csc(S(=O)(=O)N2CCc3cccc(Cl)c32)c1. The van der Waals surface area contributed by atoms with Crippen LogP contribution in [0, 0.1) is 0 Å². The van der Waals surface area contributed by atoms with Crippen LogP contribution >= 0.6 is 22.9 Å². The molecule has 1 aliphatic heterocycles. The van der Waals surface area contributed by atoms with Gasteiger partial charge in [-0.2, -0.15) is 0 Å². The Morgan fingerprint density at radius 3 is 2.59 bits per heavy atom. The maximum atomic E-state index is 12.8. The number of rotatable bonds is 3. The second-order valence-corrected chi connectivity index (χ2v) is 10.4. The molecule has 0 N–H and O–H groups in total. The lowest BCUT2D eigenvalue weighted by Crippen LogP contribution is -2.28. The van der Waals surface area contributed by atoms with E-state index in [-0.39, 0.29) is 9.10 Å². The van der Waals surface area contributed by atoms with Crippen molar-refractivity contribution in [2.75, 3.05) is 17.1 Å². The van der Waals surface area contributed by atoms with Gasteiger partial charge in [0.1, 0.15) is 4.21 Å². The summed E-state index contributed by atoms with van der Waals surface area (Å²) in [6, 6.07) is 6.46. The number of para-hydroxylation sites is 1. The van der Waals surface area contributed by atoms with E-state index in [0.717, 1.165) is 23.2 Å². The van der Waals surface area contributed by atoms with E-state index >= 15 is 0 Å². The molecule has 0 atom stereocenters. The zero-order valence-electron chi connectivity index (χ0n) is 11.5. The van der Waals surface area contributed by atoms with Crippen LogP contribution in [0.15, 0.2) is 38.8 Å². The Morgan fingerprint density at radius 1 is 1.23 bits per heavy atom. The molecule has 0 aliphatic carbocycles. The summed E-state index contributed by atoms with van der Waals surface area (Å²) in [4.78, 5) is 0.00894. The molecule has 0 amide bonds. The normalized spacial score (nSPS) is 15.1. The molecule has 0 fully saturated rings. The van der Waals surface area contributed by atoms with Gasteiger partial charge in [0.2, 0.25) is 0 Å². The van der Waals surface area contributed by atoms with E-state index in [2.05, 4.69) is 0 Å². The number of sulfone groups is 1. The van der Waals surface area contributed by atoms with Gasteiger partial charge in [0.25, 0.3) is 10.0 Å². The van der Waals surface area contributed by atoms with Gasteiger partial charge in [-0.1, -0.05) is 23.7 Å². The fourth-order valence-electron chi connectivity index (χ4n) is 2.35. The summed E-state index contributed by atoms with van der Waals surface area (Å²) in [6.45, 7) is 0.299. The van der Waals surface area contributed by atoms with Crippen molar-refractivity contribution < 1.29 is 16.8 Å². The Kier molecular flexibility index (Phi) is 3.75. The number of nitrogens with zero attached hydrogens (tertiary/aromatic N) is 1. The van der Waals surface area contributed by atoms with Crippen molar-refractivity contribution in [2.45, 2.75) is 15.5 Å². The van der Waals surface area contributed by atoms with Gasteiger partial charge in [-0.25, -0.2) is 16.8 Å². The van der Waals surface area contributed by atoms with E-state index in [1.54, 1.807) is 12.1 Å². The average Bonchev–Trinajstić information content (AvgIpc) is 3.06. The summed E-state index contributed by atoms with van der Waals surface area (Å²) in [5, 5.41) is 1.71. The van der Waals surface area contributed by atoms with E-state index in [0.29, 0.717) is 23.7 Å². The molecule has 0 radical (unpaired) electrons. The van der Waals surface area contributed by atoms with Crippen LogP contribution in [0.3, 0.4) is 0 Å². The molecular weight excluding hydrogens is 366 g/mol. The predicted octanol–water partition coefficient (Wildman–Crippen LogP) is 2.56. The van der Waals surface area contributed by atoms with Crippen molar-refractivity contribution in [3.63, 3.8) is 0 Å². The maximum Gasteiger partial charge on any atom is 0.273 e. The Balaban J connectivity index is 2.08. The molecule has 5 nitrogen and oxygen atoms in total. The molecular formula is C13H12ClNO4S3. The number of sulfonamides is 1. The van der Waals surface area contributed by atoms with Crippen LogP contribution in [-0.4, -0.2) is 29.6 Å². The van der Waals surface area contributed by atoms with Crippen molar-refractivity contribution in [3.05, 3.63) is 40.2 Å².